The molecule has 0 saturated heterocycles. The lowest BCUT2D eigenvalue weighted by atomic mass is 10.1. The predicted molar refractivity (Wildman–Crippen MR) is 82.7 cm³/mol. The van der Waals surface area contributed by atoms with E-state index >= 15 is 0 Å². The number of benzene rings is 1. The molecule has 0 unspecified atom stereocenters. The number of aromatic nitrogens is 2. The highest BCUT2D eigenvalue weighted by atomic mass is 16.6. The Hall–Kier alpha value is -3.23. The van der Waals surface area contributed by atoms with Crippen LogP contribution in [-0.4, -0.2) is 20.0 Å². The average Bonchev–Trinajstić information content (AvgIpc) is 2.50. The lowest BCUT2D eigenvalue weighted by Gasteiger charge is -2.11. The highest BCUT2D eigenvalue weighted by Crippen LogP contribution is 2.19. The lowest BCUT2D eigenvalue weighted by Crippen LogP contribution is -2.38. The molecule has 0 aliphatic carbocycles. The van der Waals surface area contributed by atoms with Gasteiger partial charge in [0.15, 0.2) is 0 Å². The van der Waals surface area contributed by atoms with Crippen LogP contribution in [0.25, 0.3) is 0 Å². The molecule has 9 nitrogen and oxygen atoms in total. The van der Waals surface area contributed by atoms with Crippen LogP contribution < -0.4 is 16.6 Å². The van der Waals surface area contributed by atoms with E-state index in [1.165, 1.54) is 26.2 Å². The van der Waals surface area contributed by atoms with Gasteiger partial charge < -0.3 is 5.32 Å². The summed E-state index contributed by atoms with van der Waals surface area (Å²) in [5.74, 6) is -0.650. The molecule has 2 aromatic rings. The lowest BCUT2D eigenvalue weighted by molar-refractivity contribution is -0.385. The standard InChI is InChI=1S/C14H14N4O5/c1-8-4-5-9(6-10(8)18(22)23)13(20)15-11-7-12(19)17(3)14(21)16(11)2/h4-7H,1-3H3,(H,15,20). The Kier molecular flexibility index (Phi) is 4.12. The maximum Gasteiger partial charge on any atom is 0.332 e. The van der Waals surface area contributed by atoms with Crippen LogP contribution in [0.2, 0.25) is 0 Å². The molecule has 0 bridgehead atoms. The highest BCUT2D eigenvalue weighted by molar-refractivity contribution is 6.04. The van der Waals surface area contributed by atoms with Crippen molar-refractivity contribution >= 4 is 17.4 Å². The van der Waals surface area contributed by atoms with Crippen molar-refractivity contribution in [2.45, 2.75) is 6.92 Å². The van der Waals surface area contributed by atoms with Gasteiger partial charge in [-0.2, -0.15) is 0 Å². The summed E-state index contributed by atoms with van der Waals surface area (Å²) in [7, 11) is 2.72. The first-order valence-electron chi connectivity index (χ1n) is 6.56. The Balaban J connectivity index is 2.41. The Labute approximate surface area is 129 Å². The molecule has 0 fully saturated rings. The molecular weight excluding hydrogens is 304 g/mol. The molecule has 1 aromatic carbocycles. The van der Waals surface area contributed by atoms with Crippen molar-refractivity contribution in [2.24, 2.45) is 14.1 Å². The maximum atomic E-state index is 12.2. The number of amides is 1. The fourth-order valence-corrected chi connectivity index (χ4v) is 1.99. The number of anilines is 1. The van der Waals surface area contributed by atoms with Crippen LogP contribution in [0.5, 0.6) is 0 Å². The molecule has 0 radical (unpaired) electrons. The summed E-state index contributed by atoms with van der Waals surface area (Å²) >= 11 is 0. The molecular formula is C14H14N4O5. The minimum atomic E-state index is -0.656. The summed E-state index contributed by atoms with van der Waals surface area (Å²) in [6.07, 6.45) is 0. The quantitative estimate of drug-likeness (QED) is 0.655. The molecule has 0 aliphatic heterocycles. The monoisotopic (exact) mass is 318 g/mol. The average molecular weight is 318 g/mol. The van der Waals surface area contributed by atoms with Crippen molar-refractivity contribution in [1.29, 1.82) is 0 Å². The second-order valence-corrected chi connectivity index (χ2v) is 4.98. The first-order chi connectivity index (χ1) is 10.7. The molecule has 120 valence electrons. The Morgan fingerprint density at radius 1 is 1.17 bits per heavy atom. The van der Waals surface area contributed by atoms with E-state index in [0.717, 1.165) is 21.3 Å². The summed E-state index contributed by atoms with van der Waals surface area (Å²) in [6, 6.07) is 5.12. The minimum absolute atomic E-state index is 0.00586. The van der Waals surface area contributed by atoms with E-state index in [0.29, 0.717) is 5.56 Å². The van der Waals surface area contributed by atoms with Crippen LogP contribution >= 0.6 is 0 Å². The zero-order valence-electron chi connectivity index (χ0n) is 12.7. The van der Waals surface area contributed by atoms with E-state index in [1.54, 1.807) is 6.92 Å². The van der Waals surface area contributed by atoms with E-state index in [2.05, 4.69) is 5.32 Å². The van der Waals surface area contributed by atoms with E-state index in [4.69, 9.17) is 0 Å². The van der Waals surface area contributed by atoms with Gasteiger partial charge in [-0.1, -0.05) is 6.07 Å². The molecule has 1 amide bonds. The summed E-state index contributed by atoms with van der Waals surface area (Å²) in [6.45, 7) is 1.56. The van der Waals surface area contributed by atoms with Gasteiger partial charge in [0.05, 0.1) is 4.92 Å². The smallest absolute Gasteiger partial charge is 0.308 e. The van der Waals surface area contributed by atoms with Crippen molar-refractivity contribution < 1.29 is 9.72 Å². The largest absolute Gasteiger partial charge is 0.332 e. The second-order valence-electron chi connectivity index (χ2n) is 4.98. The van der Waals surface area contributed by atoms with Crippen LogP contribution in [-0.2, 0) is 14.1 Å². The van der Waals surface area contributed by atoms with Crippen LogP contribution in [0.4, 0.5) is 11.5 Å². The van der Waals surface area contributed by atoms with E-state index in [9.17, 15) is 24.5 Å². The third-order valence-corrected chi connectivity index (χ3v) is 3.44. The summed E-state index contributed by atoms with van der Waals surface area (Å²) in [4.78, 5) is 46.0. The van der Waals surface area contributed by atoms with Crippen molar-refractivity contribution in [1.82, 2.24) is 9.13 Å². The van der Waals surface area contributed by atoms with Gasteiger partial charge in [0.1, 0.15) is 5.82 Å². The molecule has 1 N–H and O–H groups in total. The molecule has 0 saturated carbocycles. The van der Waals surface area contributed by atoms with Gasteiger partial charge in [0, 0.05) is 37.4 Å². The molecule has 1 heterocycles. The Bertz CT molecular complexity index is 926. The third kappa shape index (κ3) is 3.03. The third-order valence-electron chi connectivity index (χ3n) is 3.44. The number of nitro groups is 1. The number of aryl methyl sites for hydroxylation is 1. The Morgan fingerprint density at radius 2 is 1.83 bits per heavy atom. The minimum Gasteiger partial charge on any atom is -0.308 e. The number of hydrogen-bond acceptors (Lipinski definition) is 5. The molecule has 2 rings (SSSR count). The predicted octanol–water partition coefficient (Wildman–Crippen LogP) is 0.553. The fraction of sp³-hybridized carbons (Fsp3) is 0.214. The zero-order valence-corrected chi connectivity index (χ0v) is 12.7. The number of carbonyl (C=O) groups is 1. The van der Waals surface area contributed by atoms with Crippen LogP contribution in [0, 0.1) is 17.0 Å². The molecule has 0 atom stereocenters. The van der Waals surface area contributed by atoms with E-state index in [-0.39, 0.29) is 17.1 Å². The van der Waals surface area contributed by atoms with Gasteiger partial charge in [-0.3, -0.25) is 28.8 Å². The van der Waals surface area contributed by atoms with Crippen molar-refractivity contribution in [3.05, 3.63) is 66.3 Å². The van der Waals surface area contributed by atoms with Crippen LogP contribution in [0.1, 0.15) is 15.9 Å². The van der Waals surface area contributed by atoms with Crippen LogP contribution in [0.3, 0.4) is 0 Å². The van der Waals surface area contributed by atoms with Crippen molar-refractivity contribution in [2.75, 3.05) is 5.32 Å². The SMILES string of the molecule is Cc1ccc(C(=O)Nc2cc(=O)n(C)c(=O)n2C)cc1[N+](=O)[O-]. The second kappa shape index (κ2) is 5.87. The number of rotatable bonds is 3. The Morgan fingerprint density at radius 3 is 2.43 bits per heavy atom. The van der Waals surface area contributed by atoms with E-state index < -0.39 is 22.1 Å². The van der Waals surface area contributed by atoms with Gasteiger partial charge in [0.25, 0.3) is 17.2 Å². The molecule has 0 aliphatic rings. The molecule has 9 heteroatoms. The van der Waals surface area contributed by atoms with Crippen molar-refractivity contribution in [3.63, 3.8) is 0 Å². The van der Waals surface area contributed by atoms with Crippen molar-refractivity contribution in [3.8, 4) is 0 Å². The molecule has 0 spiro atoms. The number of nitro benzene ring substituents is 1. The summed E-state index contributed by atoms with van der Waals surface area (Å²) in [5, 5.41) is 13.3. The first kappa shape index (κ1) is 16.1. The first-order valence-corrected chi connectivity index (χ1v) is 6.56. The topological polar surface area (TPSA) is 116 Å². The van der Waals surface area contributed by atoms with Gasteiger partial charge >= 0.3 is 5.69 Å². The molecule has 23 heavy (non-hydrogen) atoms. The van der Waals surface area contributed by atoms with Gasteiger partial charge in [0.2, 0.25) is 0 Å². The molecule has 1 aromatic heterocycles. The zero-order chi connectivity index (χ0) is 17.3. The van der Waals surface area contributed by atoms with E-state index in [1.807, 2.05) is 0 Å². The van der Waals surface area contributed by atoms with Gasteiger partial charge in [-0.15, -0.1) is 0 Å². The van der Waals surface area contributed by atoms with Gasteiger partial charge in [-0.25, -0.2) is 4.79 Å². The highest BCUT2D eigenvalue weighted by Gasteiger charge is 2.16. The summed E-state index contributed by atoms with van der Waals surface area (Å²) in [5.41, 5.74) is -0.876. The number of nitrogens with zero attached hydrogens (tertiary/aromatic N) is 3. The number of carbonyl (C=O) groups excluding carboxylic acids is 1. The summed E-state index contributed by atoms with van der Waals surface area (Å²) < 4.78 is 1.99. The normalized spacial score (nSPS) is 10.4. The number of hydrogen-bond donors (Lipinski definition) is 1. The van der Waals surface area contributed by atoms with Gasteiger partial charge in [-0.05, 0) is 13.0 Å². The maximum absolute atomic E-state index is 12.2. The van der Waals surface area contributed by atoms with Crippen LogP contribution in [0.15, 0.2) is 33.9 Å². The fourth-order valence-electron chi connectivity index (χ4n) is 1.99. The number of nitrogens with one attached hydrogen (secondary N) is 1.